The quantitative estimate of drug-likeness (QED) is 0.518. The lowest BCUT2D eigenvalue weighted by molar-refractivity contribution is -0.140. The van der Waals surface area contributed by atoms with E-state index in [0.717, 1.165) is 16.1 Å². The first kappa shape index (κ1) is 27.0. The molecule has 1 unspecified atom stereocenters. The Bertz CT molecular complexity index is 1060. The minimum atomic E-state index is -3.78. The highest BCUT2D eigenvalue weighted by Gasteiger charge is 2.31. The standard InChI is InChI=1S/C23H29Cl2N3O4S/c1-5-21(23(30)26-16(2)3)27(14-17-6-8-18(24)9-7-17)22(29)15-28(33(4,31)32)20-12-10-19(25)11-13-20/h6-13,16,21H,5,14-15H2,1-4H3,(H,26,30). The molecule has 1 N–H and O–H groups in total. The minimum absolute atomic E-state index is 0.111. The molecule has 0 saturated heterocycles. The summed E-state index contributed by atoms with van der Waals surface area (Å²) in [5, 5.41) is 3.84. The fourth-order valence-corrected chi connectivity index (χ4v) is 4.41. The summed E-state index contributed by atoms with van der Waals surface area (Å²) in [5.41, 5.74) is 1.07. The predicted octanol–water partition coefficient (Wildman–Crippen LogP) is 4.09. The molecule has 10 heteroatoms. The highest BCUT2D eigenvalue weighted by Crippen LogP contribution is 2.22. The predicted molar refractivity (Wildman–Crippen MR) is 133 cm³/mol. The van der Waals surface area contributed by atoms with E-state index in [-0.39, 0.29) is 18.5 Å². The van der Waals surface area contributed by atoms with Gasteiger partial charge in [-0.15, -0.1) is 0 Å². The van der Waals surface area contributed by atoms with Gasteiger partial charge in [0.15, 0.2) is 0 Å². The van der Waals surface area contributed by atoms with Crippen molar-refractivity contribution >= 4 is 50.7 Å². The number of halogens is 2. The molecule has 0 bridgehead atoms. The largest absolute Gasteiger partial charge is 0.352 e. The molecular formula is C23H29Cl2N3O4S. The van der Waals surface area contributed by atoms with Crippen molar-refractivity contribution in [2.75, 3.05) is 17.1 Å². The van der Waals surface area contributed by atoms with Crippen molar-refractivity contribution in [2.45, 2.75) is 45.8 Å². The molecule has 0 heterocycles. The Morgan fingerprint density at radius 3 is 1.94 bits per heavy atom. The van der Waals surface area contributed by atoms with Crippen LogP contribution in [0.5, 0.6) is 0 Å². The van der Waals surface area contributed by atoms with Crippen molar-refractivity contribution in [3.8, 4) is 0 Å². The van der Waals surface area contributed by atoms with Crippen LogP contribution in [0, 0.1) is 0 Å². The zero-order valence-corrected chi connectivity index (χ0v) is 21.4. The summed E-state index contributed by atoms with van der Waals surface area (Å²) >= 11 is 11.9. The summed E-state index contributed by atoms with van der Waals surface area (Å²) in [7, 11) is -3.78. The van der Waals surface area contributed by atoms with Crippen LogP contribution in [0.3, 0.4) is 0 Å². The normalized spacial score (nSPS) is 12.3. The number of anilines is 1. The molecule has 7 nitrogen and oxygen atoms in total. The van der Waals surface area contributed by atoms with Gasteiger partial charge < -0.3 is 10.2 Å². The van der Waals surface area contributed by atoms with Crippen LogP contribution < -0.4 is 9.62 Å². The molecule has 2 aromatic rings. The van der Waals surface area contributed by atoms with Gasteiger partial charge in [0.25, 0.3) is 0 Å². The molecule has 0 radical (unpaired) electrons. The van der Waals surface area contributed by atoms with Crippen LogP contribution in [0.15, 0.2) is 48.5 Å². The van der Waals surface area contributed by atoms with E-state index in [4.69, 9.17) is 23.2 Å². The maximum atomic E-state index is 13.5. The maximum Gasteiger partial charge on any atom is 0.244 e. The second-order valence-electron chi connectivity index (χ2n) is 7.98. The first-order chi connectivity index (χ1) is 15.4. The molecule has 2 aromatic carbocycles. The summed E-state index contributed by atoms with van der Waals surface area (Å²) in [6.45, 7) is 5.14. The van der Waals surface area contributed by atoms with Gasteiger partial charge >= 0.3 is 0 Å². The molecule has 2 rings (SSSR count). The van der Waals surface area contributed by atoms with Gasteiger partial charge in [0, 0.05) is 22.6 Å². The van der Waals surface area contributed by atoms with Gasteiger partial charge in [-0.1, -0.05) is 42.3 Å². The SMILES string of the molecule is CCC(C(=O)NC(C)C)N(Cc1ccc(Cl)cc1)C(=O)CN(c1ccc(Cl)cc1)S(C)(=O)=O. The first-order valence-electron chi connectivity index (χ1n) is 10.5. The van der Waals surface area contributed by atoms with E-state index in [1.807, 2.05) is 13.8 Å². The molecule has 0 saturated carbocycles. The van der Waals surface area contributed by atoms with Crippen LogP contribution in [0.25, 0.3) is 0 Å². The van der Waals surface area contributed by atoms with Gasteiger partial charge in [0.2, 0.25) is 21.8 Å². The highest BCUT2D eigenvalue weighted by molar-refractivity contribution is 7.92. The lowest BCUT2D eigenvalue weighted by Crippen LogP contribution is -2.53. The Hall–Kier alpha value is -2.29. The topological polar surface area (TPSA) is 86.8 Å². The average Bonchev–Trinajstić information content (AvgIpc) is 2.72. The summed E-state index contributed by atoms with van der Waals surface area (Å²) < 4.78 is 26.0. The number of carbonyl (C=O) groups excluding carboxylic acids is 2. The maximum absolute atomic E-state index is 13.5. The van der Waals surface area contributed by atoms with Crippen LogP contribution in [-0.2, 0) is 26.2 Å². The van der Waals surface area contributed by atoms with Crippen molar-refractivity contribution < 1.29 is 18.0 Å². The van der Waals surface area contributed by atoms with E-state index in [2.05, 4.69) is 5.32 Å². The van der Waals surface area contributed by atoms with Gasteiger partial charge in [0.1, 0.15) is 12.6 Å². The average molecular weight is 514 g/mol. The molecular weight excluding hydrogens is 485 g/mol. The number of nitrogens with zero attached hydrogens (tertiary/aromatic N) is 2. The fourth-order valence-electron chi connectivity index (χ4n) is 3.31. The number of hydrogen-bond acceptors (Lipinski definition) is 4. The summed E-state index contributed by atoms with van der Waals surface area (Å²) in [6.07, 6.45) is 1.39. The van der Waals surface area contributed by atoms with Crippen LogP contribution >= 0.6 is 23.2 Å². The minimum Gasteiger partial charge on any atom is -0.352 e. The molecule has 2 amide bonds. The molecule has 0 aliphatic carbocycles. The van der Waals surface area contributed by atoms with Crippen molar-refractivity contribution in [2.24, 2.45) is 0 Å². The van der Waals surface area contributed by atoms with Crippen molar-refractivity contribution in [3.63, 3.8) is 0 Å². The van der Waals surface area contributed by atoms with Crippen LogP contribution in [0.4, 0.5) is 5.69 Å². The van der Waals surface area contributed by atoms with Crippen molar-refractivity contribution in [3.05, 3.63) is 64.1 Å². The van der Waals surface area contributed by atoms with Crippen molar-refractivity contribution in [1.82, 2.24) is 10.2 Å². The molecule has 0 spiro atoms. The summed E-state index contributed by atoms with van der Waals surface area (Å²) in [5.74, 6) is -0.803. The number of hydrogen-bond donors (Lipinski definition) is 1. The van der Waals surface area contributed by atoms with E-state index in [9.17, 15) is 18.0 Å². The number of sulfonamides is 1. The first-order valence-corrected chi connectivity index (χ1v) is 13.1. The third-order valence-corrected chi connectivity index (χ3v) is 6.52. The number of rotatable bonds is 10. The molecule has 0 aromatic heterocycles. The lowest BCUT2D eigenvalue weighted by atomic mass is 10.1. The third kappa shape index (κ3) is 7.91. The van der Waals surface area contributed by atoms with E-state index in [0.29, 0.717) is 22.2 Å². The van der Waals surface area contributed by atoms with Crippen LogP contribution in [-0.4, -0.2) is 50.0 Å². The second kappa shape index (κ2) is 11.7. The Labute approximate surface area is 205 Å². The van der Waals surface area contributed by atoms with Crippen LogP contribution in [0.2, 0.25) is 10.0 Å². The van der Waals surface area contributed by atoms with Gasteiger partial charge in [-0.2, -0.15) is 0 Å². The number of carbonyl (C=O) groups is 2. The van der Waals surface area contributed by atoms with Crippen molar-refractivity contribution in [1.29, 1.82) is 0 Å². The molecule has 33 heavy (non-hydrogen) atoms. The summed E-state index contributed by atoms with van der Waals surface area (Å²) in [6, 6.07) is 12.2. The third-order valence-electron chi connectivity index (χ3n) is 4.88. The Kier molecular flexibility index (Phi) is 9.57. The molecule has 180 valence electrons. The Morgan fingerprint density at radius 1 is 0.970 bits per heavy atom. The lowest BCUT2D eigenvalue weighted by Gasteiger charge is -2.33. The molecule has 1 atom stereocenters. The van der Waals surface area contributed by atoms with Gasteiger partial charge in [-0.25, -0.2) is 8.42 Å². The van der Waals surface area contributed by atoms with Gasteiger partial charge in [-0.05, 0) is 62.2 Å². The number of benzene rings is 2. The smallest absolute Gasteiger partial charge is 0.244 e. The van der Waals surface area contributed by atoms with E-state index < -0.39 is 28.5 Å². The molecule has 0 aliphatic heterocycles. The van der Waals surface area contributed by atoms with Crippen LogP contribution in [0.1, 0.15) is 32.8 Å². The molecule has 0 fully saturated rings. The van der Waals surface area contributed by atoms with E-state index in [1.165, 1.54) is 17.0 Å². The molecule has 0 aliphatic rings. The Balaban J connectivity index is 2.42. The fraction of sp³-hybridized carbons (Fsp3) is 0.391. The van der Waals surface area contributed by atoms with Gasteiger partial charge in [-0.3, -0.25) is 13.9 Å². The second-order valence-corrected chi connectivity index (χ2v) is 10.8. The van der Waals surface area contributed by atoms with Gasteiger partial charge in [0.05, 0.1) is 11.9 Å². The van der Waals surface area contributed by atoms with E-state index >= 15 is 0 Å². The highest BCUT2D eigenvalue weighted by atomic mass is 35.5. The Morgan fingerprint density at radius 2 is 1.48 bits per heavy atom. The number of amides is 2. The summed E-state index contributed by atoms with van der Waals surface area (Å²) in [4.78, 5) is 27.8. The zero-order chi connectivity index (χ0) is 24.8. The van der Waals surface area contributed by atoms with E-state index in [1.54, 1.807) is 43.3 Å². The zero-order valence-electron chi connectivity index (χ0n) is 19.1. The number of nitrogens with one attached hydrogen (secondary N) is 1. The monoisotopic (exact) mass is 513 g/mol.